The topological polar surface area (TPSA) is 41.5 Å². The SMILES string of the molecule is C=CCc1ccccc1OC[C@@H](O)CNC. The fraction of sp³-hybridized carbons (Fsp3) is 0.385. The van der Waals surface area contributed by atoms with E-state index in [0.717, 1.165) is 17.7 Å². The summed E-state index contributed by atoms with van der Waals surface area (Å²) in [6.07, 6.45) is 2.13. The Bertz CT molecular complexity index is 325. The van der Waals surface area contributed by atoms with Crippen molar-refractivity contribution in [2.75, 3.05) is 20.2 Å². The van der Waals surface area contributed by atoms with Crippen LogP contribution in [0, 0.1) is 0 Å². The molecule has 0 aliphatic heterocycles. The Morgan fingerprint density at radius 2 is 2.25 bits per heavy atom. The zero-order valence-electron chi connectivity index (χ0n) is 9.65. The summed E-state index contributed by atoms with van der Waals surface area (Å²) < 4.78 is 5.57. The van der Waals surface area contributed by atoms with E-state index in [0.29, 0.717) is 13.2 Å². The van der Waals surface area contributed by atoms with Gasteiger partial charge in [0.1, 0.15) is 18.5 Å². The second kappa shape index (κ2) is 7.04. The molecule has 16 heavy (non-hydrogen) atoms. The van der Waals surface area contributed by atoms with Crippen molar-refractivity contribution in [2.45, 2.75) is 12.5 Å². The first kappa shape index (κ1) is 12.7. The highest BCUT2D eigenvalue weighted by Crippen LogP contribution is 2.18. The van der Waals surface area contributed by atoms with E-state index >= 15 is 0 Å². The minimum absolute atomic E-state index is 0.301. The number of nitrogens with one attached hydrogen (secondary N) is 1. The third-order valence-corrected chi connectivity index (χ3v) is 2.21. The second-order valence-electron chi connectivity index (χ2n) is 3.62. The smallest absolute Gasteiger partial charge is 0.122 e. The Morgan fingerprint density at radius 1 is 1.50 bits per heavy atom. The molecule has 3 nitrogen and oxygen atoms in total. The summed E-state index contributed by atoms with van der Waals surface area (Å²) >= 11 is 0. The molecule has 1 aromatic carbocycles. The van der Waals surface area contributed by atoms with Gasteiger partial charge in [0.2, 0.25) is 0 Å². The van der Waals surface area contributed by atoms with Gasteiger partial charge in [0.25, 0.3) is 0 Å². The number of hydrogen-bond acceptors (Lipinski definition) is 3. The van der Waals surface area contributed by atoms with Crippen molar-refractivity contribution in [3.8, 4) is 5.75 Å². The van der Waals surface area contributed by atoms with E-state index in [4.69, 9.17) is 4.74 Å². The first-order chi connectivity index (χ1) is 7.77. The molecule has 0 aromatic heterocycles. The van der Waals surface area contributed by atoms with Gasteiger partial charge in [0.05, 0.1) is 0 Å². The Balaban J connectivity index is 2.55. The Kier molecular flexibility index (Phi) is 5.61. The predicted octanol–water partition coefficient (Wildman–Crippen LogP) is 1.37. The Hall–Kier alpha value is -1.32. The number of likely N-dealkylation sites (N-methyl/N-ethyl adjacent to an activating group) is 1. The van der Waals surface area contributed by atoms with Gasteiger partial charge in [-0.15, -0.1) is 6.58 Å². The van der Waals surface area contributed by atoms with Crippen LogP contribution in [0.2, 0.25) is 0 Å². The molecular weight excluding hydrogens is 202 g/mol. The number of aliphatic hydroxyl groups is 1. The van der Waals surface area contributed by atoms with E-state index in [1.165, 1.54) is 0 Å². The van der Waals surface area contributed by atoms with Crippen LogP contribution >= 0.6 is 0 Å². The Morgan fingerprint density at radius 3 is 2.94 bits per heavy atom. The van der Waals surface area contributed by atoms with E-state index < -0.39 is 6.10 Å². The fourth-order valence-corrected chi connectivity index (χ4v) is 1.45. The minimum atomic E-state index is -0.484. The molecule has 0 aliphatic rings. The van der Waals surface area contributed by atoms with E-state index in [1.807, 2.05) is 30.3 Å². The number of benzene rings is 1. The van der Waals surface area contributed by atoms with Gasteiger partial charge in [0.15, 0.2) is 0 Å². The largest absolute Gasteiger partial charge is 0.491 e. The first-order valence-electron chi connectivity index (χ1n) is 5.42. The van der Waals surface area contributed by atoms with Gasteiger partial charge in [0, 0.05) is 6.54 Å². The van der Waals surface area contributed by atoms with Crippen LogP contribution in [0.4, 0.5) is 0 Å². The summed E-state index contributed by atoms with van der Waals surface area (Å²) in [4.78, 5) is 0. The maximum Gasteiger partial charge on any atom is 0.122 e. The zero-order chi connectivity index (χ0) is 11.8. The molecule has 2 N–H and O–H groups in total. The molecule has 0 unspecified atom stereocenters. The molecule has 0 heterocycles. The Labute approximate surface area is 96.8 Å². The molecule has 0 aliphatic carbocycles. The van der Waals surface area contributed by atoms with Gasteiger partial charge in [-0.25, -0.2) is 0 Å². The quantitative estimate of drug-likeness (QED) is 0.683. The molecule has 0 fully saturated rings. The summed E-state index contributed by atoms with van der Waals surface area (Å²) in [7, 11) is 1.80. The lowest BCUT2D eigenvalue weighted by Gasteiger charge is -2.14. The normalized spacial score (nSPS) is 12.1. The van der Waals surface area contributed by atoms with Crippen LogP contribution in [-0.4, -0.2) is 31.4 Å². The summed E-state index contributed by atoms with van der Waals surface area (Å²) in [6.45, 7) is 4.54. The van der Waals surface area contributed by atoms with Gasteiger partial charge in [-0.1, -0.05) is 24.3 Å². The van der Waals surface area contributed by atoms with Gasteiger partial charge < -0.3 is 15.2 Å². The van der Waals surface area contributed by atoms with Crippen LogP contribution in [-0.2, 0) is 6.42 Å². The molecule has 0 spiro atoms. The van der Waals surface area contributed by atoms with Crippen molar-refractivity contribution in [3.05, 3.63) is 42.5 Å². The average molecular weight is 221 g/mol. The van der Waals surface area contributed by atoms with Gasteiger partial charge in [-0.2, -0.15) is 0 Å². The molecule has 0 radical (unpaired) electrons. The molecule has 88 valence electrons. The number of para-hydroxylation sites is 1. The lowest BCUT2D eigenvalue weighted by atomic mass is 10.1. The molecule has 1 atom stereocenters. The third kappa shape index (κ3) is 4.04. The standard InChI is InChI=1S/C13H19NO2/c1-3-6-11-7-4-5-8-13(11)16-10-12(15)9-14-2/h3-5,7-8,12,14-15H,1,6,9-10H2,2H3/t12-/m0/s1. The third-order valence-electron chi connectivity index (χ3n) is 2.21. The summed E-state index contributed by atoms with van der Waals surface area (Å²) in [6, 6.07) is 7.80. The molecule has 0 saturated heterocycles. The fourth-order valence-electron chi connectivity index (χ4n) is 1.45. The van der Waals surface area contributed by atoms with Crippen LogP contribution in [0.3, 0.4) is 0 Å². The number of ether oxygens (including phenoxy) is 1. The second-order valence-corrected chi connectivity index (χ2v) is 3.62. The van der Waals surface area contributed by atoms with E-state index in [-0.39, 0.29) is 0 Å². The summed E-state index contributed by atoms with van der Waals surface area (Å²) in [5.74, 6) is 0.817. The minimum Gasteiger partial charge on any atom is -0.491 e. The highest BCUT2D eigenvalue weighted by molar-refractivity contribution is 5.34. The van der Waals surface area contributed by atoms with Crippen molar-refractivity contribution >= 4 is 0 Å². The van der Waals surface area contributed by atoms with E-state index in [9.17, 15) is 5.11 Å². The lowest BCUT2D eigenvalue weighted by molar-refractivity contribution is 0.108. The molecule has 3 heteroatoms. The van der Waals surface area contributed by atoms with Crippen LogP contribution in [0.1, 0.15) is 5.56 Å². The molecule has 0 amide bonds. The van der Waals surface area contributed by atoms with Crippen molar-refractivity contribution in [1.82, 2.24) is 5.32 Å². The molecule has 1 rings (SSSR count). The highest BCUT2D eigenvalue weighted by Gasteiger charge is 2.05. The van der Waals surface area contributed by atoms with Crippen molar-refractivity contribution in [2.24, 2.45) is 0 Å². The van der Waals surface area contributed by atoms with Gasteiger partial charge in [-0.05, 0) is 25.1 Å². The predicted molar refractivity (Wildman–Crippen MR) is 65.8 cm³/mol. The number of rotatable bonds is 7. The zero-order valence-corrected chi connectivity index (χ0v) is 9.65. The molecule has 1 aromatic rings. The maximum absolute atomic E-state index is 9.52. The summed E-state index contributed by atoms with van der Waals surface area (Å²) in [5, 5.41) is 12.4. The van der Waals surface area contributed by atoms with Gasteiger partial charge in [-0.3, -0.25) is 0 Å². The van der Waals surface area contributed by atoms with Crippen molar-refractivity contribution in [3.63, 3.8) is 0 Å². The number of aliphatic hydroxyl groups excluding tert-OH is 1. The van der Waals surface area contributed by atoms with Crippen LogP contribution in [0.5, 0.6) is 5.75 Å². The summed E-state index contributed by atoms with van der Waals surface area (Å²) in [5.41, 5.74) is 1.09. The van der Waals surface area contributed by atoms with Crippen molar-refractivity contribution in [1.29, 1.82) is 0 Å². The first-order valence-corrected chi connectivity index (χ1v) is 5.42. The molecular formula is C13H19NO2. The van der Waals surface area contributed by atoms with E-state index in [2.05, 4.69) is 11.9 Å². The lowest BCUT2D eigenvalue weighted by Crippen LogP contribution is -2.29. The monoisotopic (exact) mass is 221 g/mol. The van der Waals surface area contributed by atoms with Crippen molar-refractivity contribution < 1.29 is 9.84 Å². The molecule has 0 bridgehead atoms. The molecule has 0 saturated carbocycles. The van der Waals surface area contributed by atoms with Crippen LogP contribution in [0.15, 0.2) is 36.9 Å². The number of hydrogen-bond donors (Lipinski definition) is 2. The number of allylic oxidation sites excluding steroid dienone is 1. The maximum atomic E-state index is 9.52. The van der Waals surface area contributed by atoms with Crippen LogP contribution in [0.25, 0.3) is 0 Å². The average Bonchev–Trinajstić information content (AvgIpc) is 2.29. The van der Waals surface area contributed by atoms with Crippen LogP contribution < -0.4 is 10.1 Å². The highest BCUT2D eigenvalue weighted by atomic mass is 16.5. The van der Waals surface area contributed by atoms with E-state index in [1.54, 1.807) is 7.05 Å². The van der Waals surface area contributed by atoms with Gasteiger partial charge >= 0.3 is 0 Å².